The molecule has 4 aliphatic rings. The van der Waals surface area contributed by atoms with Gasteiger partial charge in [-0.15, -0.1) is 0 Å². The normalized spacial score (nSPS) is 31.5. The van der Waals surface area contributed by atoms with Crippen molar-refractivity contribution in [2.24, 2.45) is 56.5 Å². The highest BCUT2D eigenvalue weighted by Crippen LogP contribution is 2.67. The molecule has 0 heterocycles. The number of sulfonamides is 2. The lowest BCUT2D eigenvalue weighted by molar-refractivity contribution is -0.0422. The number of rotatable bonds is 11. The van der Waals surface area contributed by atoms with Crippen LogP contribution in [0.25, 0.3) is 0 Å². The molecule has 2 aromatic rings. The highest BCUT2D eigenvalue weighted by atomic mass is 32.2. The van der Waals surface area contributed by atoms with Gasteiger partial charge in [0, 0.05) is 0 Å². The molecule has 0 unspecified atom stereocenters. The van der Waals surface area contributed by atoms with Crippen LogP contribution in [0.1, 0.15) is 110 Å². The Hall–Kier alpha value is -2.98. The molecule has 0 bridgehead atoms. The van der Waals surface area contributed by atoms with E-state index in [0.29, 0.717) is 48.1 Å². The van der Waals surface area contributed by atoms with Crippen molar-refractivity contribution in [2.45, 2.75) is 122 Å². The molecule has 51 heavy (non-hydrogen) atoms. The van der Waals surface area contributed by atoms with Crippen molar-refractivity contribution in [3.8, 4) is 0 Å². The molecule has 0 radical (unpaired) electrons. The van der Waals surface area contributed by atoms with E-state index in [1.54, 1.807) is 48.5 Å². The standard InChI is InChI=1S/C41H58N4O4S2/c1-27(2)9-8-10-30(5)35-19-20-36-34-26-39(43-45-51(48,49)33-17-13-29(4)14-18-33)38-25-31(21-23-41(38,7)37(34)22-24-40(35,36)6)42-44-50(46,47)32-15-11-28(3)12-16-32/h11-18,25,27,30,34-37,44-45H,8-10,19-24,26H2,1-7H3/b42-31-,43-39+/t30-,34+,35-,36+,37+,40-,41-/m1/s1. The van der Waals surface area contributed by atoms with Gasteiger partial charge < -0.3 is 0 Å². The van der Waals surface area contributed by atoms with Crippen molar-refractivity contribution in [1.82, 2.24) is 9.66 Å². The lowest BCUT2D eigenvalue weighted by Crippen LogP contribution is -2.53. The van der Waals surface area contributed by atoms with Crippen LogP contribution < -0.4 is 9.66 Å². The SMILES string of the molecule is Cc1ccc(S(=O)(=O)N/N=C2C=C3/C(=N/NS(=O)(=O)c4ccc(C)cc4)C[C@H]4[C@@H]5CC[C@H]([C@H](C)CCCC(C)C)[C@@]5(C)CC[C@@H]4[C@@]3(C)CC\2)cc1. The molecule has 2 N–H and O–H groups in total. The van der Waals surface area contributed by atoms with Crippen LogP contribution in [-0.4, -0.2) is 28.3 Å². The van der Waals surface area contributed by atoms with E-state index in [4.69, 9.17) is 5.10 Å². The maximum absolute atomic E-state index is 13.5. The minimum absolute atomic E-state index is 0.161. The van der Waals surface area contributed by atoms with E-state index in [2.05, 4.69) is 49.4 Å². The summed E-state index contributed by atoms with van der Waals surface area (Å²) in [7, 11) is -7.74. The third-order valence-corrected chi connectivity index (χ3v) is 15.7. The summed E-state index contributed by atoms with van der Waals surface area (Å²) in [5.74, 6) is 3.53. The fourth-order valence-electron chi connectivity index (χ4n) is 10.4. The van der Waals surface area contributed by atoms with E-state index in [0.717, 1.165) is 41.2 Å². The van der Waals surface area contributed by atoms with Crippen molar-refractivity contribution in [2.75, 3.05) is 0 Å². The van der Waals surface area contributed by atoms with Crippen molar-refractivity contribution in [3.63, 3.8) is 0 Å². The molecule has 0 aliphatic heterocycles. The summed E-state index contributed by atoms with van der Waals surface area (Å²) in [5.41, 5.74) is 4.35. The van der Waals surface area contributed by atoms with Crippen LogP contribution in [0.4, 0.5) is 0 Å². The molecule has 0 saturated heterocycles. The summed E-state index contributed by atoms with van der Waals surface area (Å²) in [6.45, 7) is 15.8. The number of nitrogens with zero attached hydrogens (tertiary/aromatic N) is 2. The first-order chi connectivity index (χ1) is 24.0. The zero-order chi connectivity index (χ0) is 36.8. The minimum Gasteiger partial charge on any atom is -0.200 e. The van der Waals surface area contributed by atoms with Gasteiger partial charge in [0.1, 0.15) is 0 Å². The molecule has 0 amide bonds. The molecule has 3 saturated carbocycles. The molecule has 278 valence electrons. The van der Waals surface area contributed by atoms with Crippen LogP contribution in [0.2, 0.25) is 0 Å². The number of hydrogen-bond donors (Lipinski definition) is 2. The number of allylic oxidation sites excluding steroid dienone is 2. The van der Waals surface area contributed by atoms with Crippen LogP contribution >= 0.6 is 0 Å². The molecular formula is C41H58N4O4S2. The zero-order valence-electron chi connectivity index (χ0n) is 31.6. The quantitative estimate of drug-likeness (QED) is 0.224. The van der Waals surface area contributed by atoms with Gasteiger partial charge >= 0.3 is 0 Å². The summed E-state index contributed by atoms with van der Waals surface area (Å²) in [4.78, 5) is 5.40. The molecule has 0 spiro atoms. The smallest absolute Gasteiger partial charge is 0.200 e. The van der Waals surface area contributed by atoms with Gasteiger partial charge in [-0.1, -0.05) is 89.3 Å². The molecule has 6 rings (SSSR count). The topological polar surface area (TPSA) is 117 Å². The number of hydrazone groups is 2. The molecule has 0 aromatic heterocycles. The third-order valence-electron chi connectivity index (χ3n) is 13.3. The molecule has 7 atom stereocenters. The predicted octanol–water partition coefficient (Wildman–Crippen LogP) is 8.92. The number of benzene rings is 2. The van der Waals surface area contributed by atoms with E-state index in [1.807, 2.05) is 19.9 Å². The van der Waals surface area contributed by atoms with Crippen molar-refractivity contribution in [3.05, 3.63) is 71.3 Å². The highest BCUT2D eigenvalue weighted by molar-refractivity contribution is 7.89. The largest absolute Gasteiger partial charge is 0.276 e. The van der Waals surface area contributed by atoms with Gasteiger partial charge in [0.25, 0.3) is 20.0 Å². The number of nitrogens with one attached hydrogen (secondary N) is 2. The lowest BCUT2D eigenvalue weighted by atomic mass is 9.46. The zero-order valence-corrected chi connectivity index (χ0v) is 33.2. The van der Waals surface area contributed by atoms with Gasteiger partial charge in [0.15, 0.2) is 0 Å². The Morgan fingerprint density at radius 3 is 1.94 bits per heavy atom. The third kappa shape index (κ3) is 7.59. The summed E-state index contributed by atoms with van der Waals surface area (Å²) in [6, 6.07) is 13.5. The van der Waals surface area contributed by atoms with Gasteiger partial charge in [-0.05, 0) is 141 Å². The van der Waals surface area contributed by atoms with Crippen molar-refractivity contribution >= 4 is 31.5 Å². The van der Waals surface area contributed by atoms with Crippen LogP contribution in [0.3, 0.4) is 0 Å². The van der Waals surface area contributed by atoms with Crippen LogP contribution in [0.5, 0.6) is 0 Å². The second kappa shape index (κ2) is 14.4. The summed E-state index contributed by atoms with van der Waals surface area (Å²) in [6.07, 6.45) is 12.8. The van der Waals surface area contributed by atoms with E-state index in [9.17, 15) is 16.8 Å². The number of hydrogen-bond acceptors (Lipinski definition) is 6. The second-order valence-electron chi connectivity index (χ2n) is 17.1. The monoisotopic (exact) mass is 734 g/mol. The fraction of sp³-hybridized carbons (Fsp3) is 0.610. The van der Waals surface area contributed by atoms with Crippen LogP contribution in [0.15, 0.2) is 80.2 Å². The van der Waals surface area contributed by atoms with Crippen LogP contribution in [0, 0.1) is 60.2 Å². The first kappa shape index (κ1) is 37.8. The van der Waals surface area contributed by atoms with Gasteiger partial charge in [-0.2, -0.15) is 36.7 Å². The lowest BCUT2D eigenvalue weighted by Gasteiger charge is -2.58. The van der Waals surface area contributed by atoms with Gasteiger partial charge in [-0.3, -0.25) is 0 Å². The number of fused-ring (bicyclic) bond motifs is 5. The van der Waals surface area contributed by atoms with Gasteiger partial charge in [0.05, 0.1) is 21.2 Å². The van der Waals surface area contributed by atoms with Gasteiger partial charge in [-0.25, -0.2) is 0 Å². The van der Waals surface area contributed by atoms with E-state index < -0.39 is 20.0 Å². The average molecular weight is 735 g/mol. The Morgan fingerprint density at radius 2 is 1.35 bits per heavy atom. The van der Waals surface area contributed by atoms with E-state index in [-0.39, 0.29) is 20.6 Å². The van der Waals surface area contributed by atoms with Gasteiger partial charge in [0.2, 0.25) is 0 Å². The Balaban J connectivity index is 1.32. The average Bonchev–Trinajstić information content (AvgIpc) is 3.44. The Labute approximate surface area is 307 Å². The maximum atomic E-state index is 13.5. The van der Waals surface area contributed by atoms with Crippen molar-refractivity contribution < 1.29 is 16.8 Å². The van der Waals surface area contributed by atoms with E-state index >= 15 is 0 Å². The minimum atomic E-state index is -3.89. The summed E-state index contributed by atoms with van der Waals surface area (Å²) >= 11 is 0. The Morgan fingerprint density at radius 1 is 0.765 bits per heavy atom. The molecular weight excluding hydrogens is 677 g/mol. The number of aryl methyl sites for hydroxylation is 2. The molecule has 10 heteroatoms. The first-order valence-corrected chi connectivity index (χ1v) is 22.0. The molecule has 3 fully saturated rings. The Bertz CT molecular complexity index is 1900. The molecule has 4 aliphatic carbocycles. The molecule has 8 nitrogen and oxygen atoms in total. The van der Waals surface area contributed by atoms with Crippen molar-refractivity contribution in [1.29, 1.82) is 0 Å². The Kier molecular flexibility index (Phi) is 10.7. The maximum Gasteiger partial charge on any atom is 0.276 e. The highest BCUT2D eigenvalue weighted by Gasteiger charge is 2.60. The fourth-order valence-corrected chi connectivity index (χ4v) is 12.1. The summed E-state index contributed by atoms with van der Waals surface area (Å²) < 4.78 is 53.2. The second-order valence-corrected chi connectivity index (χ2v) is 20.4. The van der Waals surface area contributed by atoms with Crippen LogP contribution in [-0.2, 0) is 20.0 Å². The predicted molar refractivity (Wildman–Crippen MR) is 206 cm³/mol. The summed E-state index contributed by atoms with van der Waals surface area (Å²) in [5, 5.41) is 9.15. The first-order valence-electron chi connectivity index (χ1n) is 19.1. The van der Waals surface area contributed by atoms with E-state index in [1.165, 1.54) is 38.5 Å². The molecule has 2 aromatic carbocycles.